The third-order valence-electron chi connectivity index (χ3n) is 2.57. The molecule has 1 aromatic rings. The Kier molecular flexibility index (Phi) is 5.33. The van der Waals surface area contributed by atoms with Gasteiger partial charge in [0, 0.05) is 21.7 Å². The third-order valence-corrected chi connectivity index (χ3v) is 3.22. The summed E-state index contributed by atoms with van der Waals surface area (Å²) in [5.41, 5.74) is 2.12. The monoisotopic (exact) mass is 257 g/mol. The van der Waals surface area contributed by atoms with Crippen LogP contribution in [-0.2, 0) is 0 Å². The Balaban J connectivity index is 2.98. The van der Waals surface area contributed by atoms with E-state index >= 15 is 0 Å². The predicted octanol–water partition coefficient (Wildman–Crippen LogP) is 4.39. The number of halogens is 2. The fourth-order valence-electron chi connectivity index (χ4n) is 1.47. The SMILES string of the molecule is CCNC(C)/C(C)=C/c1c(Cl)cccc1Cl. The van der Waals surface area contributed by atoms with Crippen LogP contribution in [0.25, 0.3) is 6.08 Å². The molecule has 0 fully saturated rings. The lowest BCUT2D eigenvalue weighted by atomic mass is 10.1. The van der Waals surface area contributed by atoms with E-state index in [9.17, 15) is 0 Å². The Morgan fingerprint density at radius 1 is 1.38 bits per heavy atom. The maximum Gasteiger partial charge on any atom is 0.0493 e. The van der Waals surface area contributed by atoms with Gasteiger partial charge < -0.3 is 5.32 Å². The van der Waals surface area contributed by atoms with Crippen molar-refractivity contribution in [3.63, 3.8) is 0 Å². The first-order valence-electron chi connectivity index (χ1n) is 5.41. The second-order valence-electron chi connectivity index (χ2n) is 3.80. The number of nitrogens with one attached hydrogen (secondary N) is 1. The van der Waals surface area contributed by atoms with E-state index in [0.29, 0.717) is 16.1 Å². The van der Waals surface area contributed by atoms with Crippen molar-refractivity contribution in [3.8, 4) is 0 Å². The van der Waals surface area contributed by atoms with E-state index < -0.39 is 0 Å². The zero-order valence-corrected chi connectivity index (χ0v) is 11.4. The fourth-order valence-corrected chi connectivity index (χ4v) is 1.97. The molecule has 0 saturated carbocycles. The summed E-state index contributed by atoms with van der Waals surface area (Å²) in [5.74, 6) is 0. The van der Waals surface area contributed by atoms with Gasteiger partial charge in [-0.1, -0.05) is 47.8 Å². The third kappa shape index (κ3) is 3.51. The van der Waals surface area contributed by atoms with Crippen LogP contribution in [0.15, 0.2) is 23.8 Å². The van der Waals surface area contributed by atoms with Gasteiger partial charge >= 0.3 is 0 Å². The molecular weight excluding hydrogens is 241 g/mol. The molecule has 0 aliphatic carbocycles. The molecule has 0 aliphatic rings. The topological polar surface area (TPSA) is 12.0 Å². The first-order valence-corrected chi connectivity index (χ1v) is 6.17. The highest BCUT2D eigenvalue weighted by atomic mass is 35.5. The van der Waals surface area contributed by atoms with Gasteiger partial charge in [0.25, 0.3) is 0 Å². The van der Waals surface area contributed by atoms with E-state index in [4.69, 9.17) is 23.2 Å². The largest absolute Gasteiger partial charge is 0.311 e. The molecule has 88 valence electrons. The number of likely N-dealkylation sites (N-methyl/N-ethyl adjacent to an activating group) is 1. The summed E-state index contributed by atoms with van der Waals surface area (Å²) in [7, 11) is 0. The molecule has 1 rings (SSSR count). The van der Waals surface area contributed by atoms with Gasteiger partial charge in [-0.15, -0.1) is 0 Å². The molecule has 0 bridgehead atoms. The first kappa shape index (κ1) is 13.6. The molecule has 0 aliphatic heterocycles. The molecule has 1 nitrogen and oxygen atoms in total. The van der Waals surface area contributed by atoms with E-state index in [2.05, 4.69) is 26.1 Å². The maximum absolute atomic E-state index is 6.11. The molecule has 0 saturated heterocycles. The molecule has 0 amide bonds. The van der Waals surface area contributed by atoms with Crippen LogP contribution < -0.4 is 5.32 Å². The molecule has 1 aromatic carbocycles. The summed E-state index contributed by atoms with van der Waals surface area (Å²) in [6.07, 6.45) is 2.04. The average Bonchev–Trinajstić information content (AvgIpc) is 2.23. The predicted molar refractivity (Wildman–Crippen MR) is 73.3 cm³/mol. The summed E-state index contributed by atoms with van der Waals surface area (Å²) in [5, 5.41) is 4.73. The highest BCUT2D eigenvalue weighted by molar-refractivity contribution is 6.37. The Morgan fingerprint density at radius 3 is 2.44 bits per heavy atom. The van der Waals surface area contributed by atoms with Crippen molar-refractivity contribution >= 4 is 29.3 Å². The minimum atomic E-state index is 0.331. The Bertz CT molecular complexity index is 365. The van der Waals surface area contributed by atoms with Gasteiger partial charge in [0.2, 0.25) is 0 Å². The fraction of sp³-hybridized carbons (Fsp3) is 0.385. The number of benzene rings is 1. The van der Waals surface area contributed by atoms with Gasteiger partial charge in [-0.3, -0.25) is 0 Å². The van der Waals surface area contributed by atoms with Gasteiger partial charge in [0.15, 0.2) is 0 Å². The van der Waals surface area contributed by atoms with Gasteiger partial charge in [0.1, 0.15) is 0 Å². The van der Waals surface area contributed by atoms with Gasteiger partial charge in [-0.25, -0.2) is 0 Å². The number of hydrogen-bond donors (Lipinski definition) is 1. The lowest BCUT2D eigenvalue weighted by molar-refractivity contribution is 0.636. The molecular formula is C13H17Cl2N. The van der Waals surface area contributed by atoms with E-state index in [1.165, 1.54) is 5.57 Å². The molecule has 3 heteroatoms. The van der Waals surface area contributed by atoms with Crippen molar-refractivity contribution in [2.75, 3.05) is 6.54 Å². The highest BCUT2D eigenvalue weighted by Crippen LogP contribution is 2.27. The van der Waals surface area contributed by atoms with E-state index in [1.54, 1.807) is 0 Å². The van der Waals surface area contributed by atoms with Crippen LogP contribution in [0, 0.1) is 0 Å². The Morgan fingerprint density at radius 2 is 1.94 bits per heavy atom. The van der Waals surface area contributed by atoms with Crippen molar-refractivity contribution in [3.05, 3.63) is 39.4 Å². The van der Waals surface area contributed by atoms with Crippen molar-refractivity contribution in [1.29, 1.82) is 0 Å². The molecule has 1 unspecified atom stereocenters. The smallest absolute Gasteiger partial charge is 0.0493 e. The zero-order valence-electron chi connectivity index (χ0n) is 9.85. The van der Waals surface area contributed by atoms with Crippen LogP contribution in [0.2, 0.25) is 10.0 Å². The van der Waals surface area contributed by atoms with Crippen LogP contribution in [-0.4, -0.2) is 12.6 Å². The summed E-state index contributed by atoms with van der Waals surface area (Å²) in [4.78, 5) is 0. The average molecular weight is 258 g/mol. The lowest BCUT2D eigenvalue weighted by Crippen LogP contribution is -2.26. The summed E-state index contributed by atoms with van der Waals surface area (Å²) < 4.78 is 0. The Labute approximate surface area is 107 Å². The summed E-state index contributed by atoms with van der Waals surface area (Å²) in [6, 6.07) is 5.89. The maximum atomic E-state index is 6.11. The quantitative estimate of drug-likeness (QED) is 0.844. The van der Waals surface area contributed by atoms with Gasteiger partial charge in [-0.05, 0) is 32.5 Å². The molecule has 0 aromatic heterocycles. The minimum Gasteiger partial charge on any atom is -0.311 e. The molecule has 0 spiro atoms. The lowest BCUT2D eigenvalue weighted by Gasteiger charge is -2.13. The second-order valence-corrected chi connectivity index (χ2v) is 4.62. The normalized spacial score (nSPS) is 13.9. The minimum absolute atomic E-state index is 0.331. The van der Waals surface area contributed by atoms with Crippen molar-refractivity contribution < 1.29 is 0 Å². The van der Waals surface area contributed by atoms with Crippen LogP contribution >= 0.6 is 23.2 Å². The van der Waals surface area contributed by atoms with Crippen molar-refractivity contribution in [1.82, 2.24) is 5.32 Å². The zero-order chi connectivity index (χ0) is 12.1. The summed E-state index contributed by atoms with van der Waals surface area (Å²) in [6.45, 7) is 7.24. The molecule has 1 atom stereocenters. The molecule has 16 heavy (non-hydrogen) atoms. The Hall–Kier alpha value is -0.500. The van der Waals surface area contributed by atoms with E-state index in [0.717, 1.165) is 12.1 Å². The van der Waals surface area contributed by atoms with Crippen LogP contribution in [0.5, 0.6) is 0 Å². The number of rotatable bonds is 4. The van der Waals surface area contributed by atoms with Crippen LogP contribution in [0.1, 0.15) is 26.3 Å². The van der Waals surface area contributed by atoms with Crippen molar-refractivity contribution in [2.24, 2.45) is 0 Å². The van der Waals surface area contributed by atoms with Crippen LogP contribution in [0.4, 0.5) is 0 Å². The van der Waals surface area contributed by atoms with Crippen LogP contribution in [0.3, 0.4) is 0 Å². The van der Waals surface area contributed by atoms with E-state index in [1.807, 2.05) is 24.3 Å². The van der Waals surface area contributed by atoms with Crippen molar-refractivity contribution in [2.45, 2.75) is 26.8 Å². The molecule has 1 N–H and O–H groups in total. The molecule has 0 heterocycles. The highest BCUT2D eigenvalue weighted by Gasteiger charge is 2.06. The van der Waals surface area contributed by atoms with E-state index in [-0.39, 0.29) is 0 Å². The standard InChI is InChI=1S/C13H17Cl2N/c1-4-16-10(3)9(2)8-11-12(14)6-5-7-13(11)15/h5-8,10,16H,4H2,1-3H3/b9-8+. The van der Waals surface area contributed by atoms with Gasteiger partial charge in [0.05, 0.1) is 0 Å². The molecule has 0 radical (unpaired) electrons. The first-order chi connectivity index (χ1) is 7.56. The second kappa shape index (κ2) is 6.29. The summed E-state index contributed by atoms with van der Waals surface area (Å²) >= 11 is 12.2. The van der Waals surface area contributed by atoms with Gasteiger partial charge in [-0.2, -0.15) is 0 Å². The number of hydrogen-bond acceptors (Lipinski definition) is 1.